The molecule has 7 nitrogen and oxygen atoms in total. The molecule has 2 aromatic rings. The third-order valence-corrected chi connectivity index (χ3v) is 4.29. The summed E-state index contributed by atoms with van der Waals surface area (Å²) in [6.07, 6.45) is -5.27. The topological polar surface area (TPSA) is 98.3 Å². The van der Waals surface area contributed by atoms with Gasteiger partial charge in [0.15, 0.2) is 5.82 Å². The molecule has 0 bridgehead atoms. The molecule has 0 saturated heterocycles. The molecule has 0 aliphatic carbocycles. The van der Waals surface area contributed by atoms with Crippen molar-refractivity contribution >= 4 is 34.4 Å². The van der Waals surface area contributed by atoms with Gasteiger partial charge in [-0.1, -0.05) is 11.6 Å². The smallest absolute Gasteiger partial charge is 0.346 e. The second kappa shape index (κ2) is 7.19. The Hall–Kier alpha value is -3.02. The maximum Gasteiger partial charge on any atom is 0.418 e. The van der Waals surface area contributed by atoms with Crippen molar-refractivity contribution in [2.75, 3.05) is 5.32 Å². The van der Waals surface area contributed by atoms with Crippen molar-refractivity contribution in [2.24, 2.45) is 0 Å². The van der Waals surface area contributed by atoms with E-state index in [1.807, 2.05) is 5.32 Å². The number of nitro groups is 2. The molecule has 28 heavy (non-hydrogen) atoms. The molecule has 13 heteroatoms. The maximum absolute atomic E-state index is 14.4. The SMILES string of the molecule is Cc1c(F)c(C)c(Cl)c(Nc2c([N+](=O)[O-])cc([N+](=O)[O-])cc2C(F)(F)F)c1F. The van der Waals surface area contributed by atoms with Crippen LogP contribution in [0.1, 0.15) is 16.7 Å². The first-order valence-electron chi connectivity index (χ1n) is 7.22. The van der Waals surface area contributed by atoms with E-state index in [0.717, 1.165) is 13.8 Å². The van der Waals surface area contributed by atoms with Gasteiger partial charge in [-0.2, -0.15) is 13.2 Å². The molecule has 0 aliphatic heterocycles. The second-order valence-electron chi connectivity index (χ2n) is 5.59. The Morgan fingerprint density at radius 3 is 2.00 bits per heavy atom. The predicted octanol–water partition coefficient (Wildman–Crippen LogP) is 5.81. The number of nitro benzene ring substituents is 2. The Bertz CT molecular complexity index is 981. The highest BCUT2D eigenvalue weighted by Gasteiger charge is 2.40. The lowest BCUT2D eigenvalue weighted by Gasteiger charge is -2.18. The molecule has 150 valence electrons. The molecule has 2 rings (SSSR count). The summed E-state index contributed by atoms with van der Waals surface area (Å²) in [7, 11) is 0. The average Bonchev–Trinajstić information content (AvgIpc) is 2.60. The van der Waals surface area contributed by atoms with Crippen LogP contribution in [0.5, 0.6) is 0 Å². The number of non-ortho nitro benzene ring substituents is 1. The summed E-state index contributed by atoms with van der Waals surface area (Å²) in [4.78, 5) is 19.5. The lowest BCUT2D eigenvalue weighted by molar-refractivity contribution is -0.394. The minimum absolute atomic E-state index is 0.0599. The molecule has 0 atom stereocenters. The molecule has 2 aromatic carbocycles. The highest BCUT2D eigenvalue weighted by atomic mass is 35.5. The first-order valence-corrected chi connectivity index (χ1v) is 7.59. The number of nitrogens with zero attached hydrogens (tertiary/aromatic N) is 2. The number of benzene rings is 2. The molecule has 1 N–H and O–H groups in total. The van der Waals surface area contributed by atoms with Crippen molar-refractivity contribution in [1.29, 1.82) is 0 Å². The van der Waals surface area contributed by atoms with Crippen molar-refractivity contribution in [3.63, 3.8) is 0 Å². The van der Waals surface area contributed by atoms with Crippen LogP contribution in [-0.2, 0) is 6.18 Å². The molecule has 0 saturated carbocycles. The Balaban J connectivity index is 2.87. The number of halogens is 6. The zero-order chi connectivity index (χ0) is 21.5. The average molecular weight is 426 g/mol. The summed E-state index contributed by atoms with van der Waals surface area (Å²) in [5, 5.41) is 23.3. The van der Waals surface area contributed by atoms with Gasteiger partial charge in [0.1, 0.15) is 11.5 Å². The lowest BCUT2D eigenvalue weighted by atomic mass is 10.1. The number of hydrogen-bond donors (Lipinski definition) is 1. The van der Waals surface area contributed by atoms with Gasteiger partial charge in [0.2, 0.25) is 0 Å². The Morgan fingerprint density at radius 2 is 1.54 bits per heavy atom. The zero-order valence-electron chi connectivity index (χ0n) is 13.9. The fraction of sp³-hybridized carbons (Fsp3) is 0.200. The van der Waals surface area contributed by atoms with E-state index in [2.05, 4.69) is 0 Å². The van der Waals surface area contributed by atoms with Gasteiger partial charge in [0.05, 0.1) is 32.2 Å². The first-order chi connectivity index (χ1) is 12.8. The standard InChI is InChI=1S/C15H9ClF5N3O4/c1-5-10(16)14(12(18)6(2)11(5)17)22-13-8(15(19,20)21)3-7(23(25)26)4-9(13)24(27)28/h3-4,22H,1-2H3. The number of hydrogen-bond acceptors (Lipinski definition) is 5. The summed E-state index contributed by atoms with van der Waals surface area (Å²) in [5.74, 6) is -2.41. The molecule has 0 spiro atoms. The van der Waals surface area contributed by atoms with Crippen LogP contribution in [0.2, 0.25) is 5.02 Å². The van der Waals surface area contributed by atoms with E-state index in [9.17, 15) is 42.2 Å². The third kappa shape index (κ3) is 3.67. The molecule has 0 aromatic heterocycles. The van der Waals surface area contributed by atoms with Gasteiger partial charge in [-0.15, -0.1) is 0 Å². The lowest BCUT2D eigenvalue weighted by Crippen LogP contribution is -2.13. The summed E-state index contributed by atoms with van der Waals surface area (Å²) >= 11 is 5.80. The normalized spacial score (nSPS) is 11.4. The van der Waals surface area contributed by atoms with Crippen LogP contribution >= 0.6 is 11.6 Å². The van der Waals surface area contributed by atoms with Crippen molar-refractivity contribution in [3.05, 3.63) is 65.7 Å². The van der Waals surface area contributed by atoms with Gasteiger partial charge in [-0.05, 0) is 13.8 Å². The highest BCUT2D eigenvalue weighted by molar-refractivity contribution is 6.34. The molecule has 0 amide bonds. The Morgan fingerprint density at radius 1 is 0.964 bits per heavy atom. The molecular formula is C15H9ClF5N3O4. The van der Waals surface area contributed by atoms with E-state index >= 15 is 0 Å². The summed E-state index contributed by atoms with van der Waals surface area (Å²) in [6.45, 7) is 2.12. The quantitative estimate of drug-likeness (QED) is 0.378. The van der Waals surface area contributed by atoms with Crippen LogP contribution in [0, 0.1) is 45.7 Å². The van der Waals surface area contributed by atoms with Gasteiger partial charge in [0.25, 0.3) is 11.4 Å². The van der Waals surface area contributed by atoms with Gasteiger partial charge in [0, 0.05) is 17.2 Å². The minimum Gasteiger partial charge on any atom is -0.346 e. The Labute approximate surface area is 158 Å². The van der Waals surface area contributed by atoms with Crippen LogP contribution in [0.3, 0.4) is 0 Å². The van der Waals surface area contributed by atoms with Gasteiger partial charge >= 0.3 is 6.18 Å². The van der Waals surface area contributed by atoms with Gasteiger partial charge < -0.3 is 5.32 Å². The molecular weight excluding hydrogens is 417 g/mol. The van der Waals surface area contributed by atoms with Crippen LogP contribution in [0.15, 0.2) is 12.1 Å². The number of nitrogens with one attached hydrogen (secondary N) is 1. The number of rotatable bonds is 4. The summed E-state index contributed by atoms with van der Waals surface area (Å²) in [5.41, 5.74) is -7.30. The van der Waals surface area contributed by atoms with E-state index in [-0.39, 0.29) is 17.7 Å². The fourth-order valence-corrected chi connectivity index (χ4v) is 2.61. The summed E-state index contributed by atoms with van der Waals surface area (Å²) in [6, 6.07) is 0.344. The molecule has 0 aliphatic rings. The molecule has 0 heterocycles. The first kappa shape index (κ1) is 21.3. The van der Waals surface area contributed by atoms with E-state index in [4.69, 9.17) is 11.6 Å². The van der Waals surface area contributed by atoms with Crippen LogP contribution in [0.4, 0.5) is 44.7 Å². The largest absolute Gasteiger partial charge is 0.418 e. The third-order valence-electron chi connectivity index (χ3n) is 3.82. The van der Waals surface area contributed by atoms with E-state index in [1.54, 1.807) is 0 Å². The van der Waals surface area contributed by atoms with Crippen LogP contribution in [0.25, 0.3) is 0 Å². The highest BCUT2D eigenvalue weighted by Crippen LogP contribution is 2.45. The monoisotopic (exact) mass is 425 g/mol. The van der Waals surface area contributed by atoms with Gasteiger partial charge in [-0.25, -0.2) is 8.78 Å². The van der Waals surface area contributed by atoms with E-state index < -0.39 is 66.6 Å². The zero-order valence-corrected chi connectivity index (χ0v) is 14.7. The predicted molar refractivity (Wildman–Crippen MR) is 88.9 cm³/mol. The van der Waals surface area contributed by atoms with Crippen molar-refractivity contribution in [1.82, 2.24) is 0 Å². The molecule has 0 fully saturated rings. The summed E-state index contributed by atoms with van der Waals surface area (Å²) < 4.78 is 68.5. The Kier molecular flexibility index (Phi) is 5.46. The number of anilines is 2. The van der Waals surface area contributed by atoms with Crippen LogP contribution < -0.4 is 5.32 Å². The molecule has 0 radical (unpaired) electrons. The maximum atomic E-state index is 14.4. The molecule has 0 unspecified atom stereocenters. The van der Waals surface area contributed by atoms with E-state index in [1.165, 1.54) is 0 Å². The van der Waals surface area contributed by atoms with Crippen molar-refractivity contribution in [3.8, 4) is 0 Å². The fourth-order valence-electron chi connectivity index (χ4n) is 2.40. The number of alkyl halides is 3. The van der Waals surface area contributed by atoms with Crippen molar-refractivity contribution in [2.45, 2.75) is 20.0 Å². The minimum atomic E-state index is -5.27. The van der Waals surface area contributed by atoms with Gasteiger partial charge in [-0.3, -0.25) is 20.2 Å². The van der Waals surface area contributed by atoms with Crippen LogP contribution in [-0.4, -0.2) is 9.85 Å². The van der Waals surface area contributed by atoms with Crippen molar-refractivity contribution < 1.29 is 31.8 Å². The second-order valence-corrected chi connectivity index (χ2v) is 5.97. The van der Waals surface area contributed by atoms with E-state index in [0.29, 0.717) is 0 Å².